The molecule has 3 nitrogen and oxygen atoms in total. The number of hydrogen-bond donors (Lipinski definition) is 0. The van der Waals surface area contributed by atoms with Crippen molar-refractivity contribution in [3.8, 4) is 5.75 Å². The number of aryl methyl sites for hydroxylation is 2. The van der Waals surface area contributed by atoms with Crippen molar-refractivity contribution in [2.24, 2.45) is 0 Å². The summed E-state index contributed by atoms with van der Waals surface area (Å²) in [5.74, 6) is 1.09. The smallest absolute Gasteiger partial charge is 0.231 e. The molecule has 2 aromatic rings. The van der Waals surface area contributed by atoms with E-state index in [0.29, 0.717) is 17.1 Å². The third-order valence-corrected chi connectivity index (χ3v) is 5.23. The van der Waals surface area contributed by atoms with Gasteiger partial charge in [-0.25, -0.2) is 0 Å². The summed E-state index contributed by atoms with van der Waals surface area (Å²) in [6, 6.07) is 11.9. The summed E-state index contributed by atoms with van der Waals surface area (Å²) in [7, 11) is 0. The van der Waals surface area contributed by atoms with Gasteiger partial charge in [0.1, 0.15) is 5.75 Å². The Balaban J connectivity index is 1.56. The van der Waals surface area contributed by atoms with Gasteiger partial charge < -0.3 is 9.64 Å². The molecule has 0 aliphatic carbocycles. The predicted octanol–water partition coefficient (Wildman–Crippen LogP) is 4.00. The maximum absolute atomic E-state index is 12.5. The lowest BCUT2D eigenvalue weighted by Crippen LogP contribution is -2.34. The number of rotatable bonds is 1. The molecule has 0 amide bonds. The van der Waals surface area contributed by atoms with Gasteiger partial charge in [-0.3, -0.25) is 4.79 Å². The molecule has 3 heterocycles. The molecule has 0 spiro atoms. The quantitative estimate of drug-likeness (QED) is 0.745. The van der Waals surface area contributed by atoms with Crippen LogP contribution in [0.2, 0.25) is 0 Å². The van der Waals surface area contributed by atoms with Gasteiger partial charge in [0.2, 0.25) is 5.78 Å². The number of ether oxygens (including phenoxy) is 1. The molecule has 5 rings (SSSR count). The Labute approximate surface area is 141 Å². The SMILES string of the molecule is O=C1/C(=C\c2cc3c4c(c2)CCCN4CCC3)Oc2ccccc21. The molecule has 0 saturated carbocycles. The Bertz CT molecular complexity index is 850. The number of Topliss-reactive ketones (excluding diaryl/α,β-unsaturated/α-hetero) is 1. The number of ketones is 1. The number of benzene rings is 2. The van der Waals surface area contributed by atoms with Gasteiger partial charge in [0.05, 0.1) is 5.56 Å². The van der Waals surface area contributed by atoms with E-state index in [9.17, 15) is 4.79 Å². The molecule has 0 saturated heterocycles. The normalized spacial score (nSPS) is 19.9. The second-order valence-electron chi connectivity index (χ2n) is 6.82. The molecule has 2 aromatic carbocycles. The van der Waals surface area contributed by atoms with E-state index in [1.165, 1.54) is 42.7 Å². The second-order valence-corrected chi connectivity index (χ2v) is 6.82. The molecule has 24 heavy (non-hydrogen) atoms. The van der Waals surface area contributed by atoms with Crippen molar-refractivity contribution in [1.29, 1.82) is 0 Å². The van der Waals surface area contributed by atoms with E-state index in [2.05, 4.69) is 17.0 Å². The van der Waals surface area contributed by atoms with Gasteiger partial charge in [-0.05, 0) is 72.7 Å². The Kier molecular flexibility index (Phi) is 3.02. The topological polar surface area (TPSA) is 29.5 Å². The summed E-state index contributed by atoms with van der Waals surface area (Å²) < 4.78 is 5.78. The van der Waals surface area contributed by atoms with Gasteiger partial charge in [-0.2, -0.15) is 0 Å². The number of para-hydroxylation sites is 1. The molecule has 0 unspecified atom stereocenters. The Hall–Kier alpha value is -2.55. The average Bonchev–Trinajstić information content (AvgIpc) is 2.92. The molecule has 3 aliphatic rings. The molecular weight excluding hydrogens is 298 g/mol. The number of carbonyl (C=O) groups excluding carboxylic acids is 1. The van der Waals surface area contributed by atoms with E-state index in [4.69, 9.17) is 4.74 Å². The summed E-state index contributed by atoms with van der Waals surface area (Å²) in [6.07, 6.45) is 6.60. The van der Waals surface area contributed by atoms with Crippen molar-refractivity contribution in [2.75, 3.05) is 18.0 Å². The van der Waals surface area contributed by atoms with Crippen molar-refractivity contribution in [3.05, 3.63) is 64.4 Å². The summed E-state index contributed by atoms with van der Waals surface area (Å²) in [6.45, 7) is 2.36. The lowest BCUT2D eigenvalue weighted by atomic mass is 9.90. The Morgan fingerprint density at radius 2 is 1.71 bits per heavy atom. The number of hydrogen-bond acceptors (Lipinski definition) is 3. The minimum Gasteiger partial charge on any atom is -0.452 e. The largest absolute Gasteiger partial charge is 0.452 e. The van der Waals surface area contributed by atoms with Crippen molar-refractivity contribution in [1.82, 2.24) is 0 Å². The minimum absolute atomic E-state index is 0.0152. The lowest BCUT2D eigenvalue weighted by Gasteiger charge is -2.37. The van der Waals surface area contributed by atoms with Crippen molar-refractivity contribution >= 4 is 17.5 Å². The zero-order chi connectivity index (χ0) is 16.1. The molecule has 0 fully saturated rings. The molecule has 0 bridgehead atoms. The first-order valence-corrected chi connectivity index (χ1v) is 8.73. The van der Waals surface area contributed by atoms with Crippen LogP contribution in [0.4, 0.5) is 5.69 Å². The highest BCUT2D eigenvalue weighted by atomic mass is 16.5. The summed E-state index contributed by atoms with van der Waals surface area (Å²) >= 11 is 0. The zero-order valence-corrected chi connectivity index (χ0v) is 13.5. The summed E-state index contributed by atoms with van der Waals surface area (Å²) in [5.41, 5.74) is 6.05. The van der Waals surface area contributed by atoms with Crippen LogP contribution in [0.25, 0.3) is 6.08 Å². The molecule has 3 heteroatoms. The fourth-order valence-electron chi connectivity index (χ4n) is 4.20. The highest BCUT2D eigenvalue weighted by Gasteiger charge is 2.28. The van der Waals surface area contributed by atoms with Crippen molar-refractivity contribution in [3.63, 3.8) is 0 Å². The maximum atomic E-state index is 12.5. The first kappa shape index (κ1) is 13.8. The van der Waals surface area contributed by atoms with Crippen LogP contribution in [0.15, 0.2) is 42.2 Å². The van der Waals surface area contributed by atoms with E-state index in [-0.39, 0.29) is 5.78 Å². The number of fused-ring (bicyclic) bond motifs is 1. The number of nitrogens with zero attached hydrogens (tertiary/aromatic N) is 1. The van der Waals surface area contributed by atoms with E-state index >= 15 is 0 Å². The summed E-state index contributed by atoms with van der Waals surface area (Å²) in [5, 5.41) is 0. The van der Waals surface area contributed by atoms with E-state index in [1.54, 1.807) is 0 Å². The van der Waals surface area contributed by atoms with Crippen LogP contribution in [0.3, 0.4) is 0 Å². The third-order valence-electron chi connectivity index (χ3n) is 5.23. The number of allylic oxidation sites excluding steroid dienone is 1. The predicted molar refractivity (Wildman–Crippen MR) is 94.7 cm³/mol. The first-order valence-electron chi connectivity index (χ1n) is 8.73. The van der Waals surface area contributed by atoms with Gasteiger partial charge in [0.25, 0.3) is 0 Å². The third kappa shape index (κ3) is 2.08. The monoisotopic (exact) mass is 317 g/mol. The van der Waals surface area contributed by atoms with E-state index < -0.39 is 0 Å². The Morgan fingerprint density at radius 3 is 2.42 bits per heavy atom. The van der Waals surface area contributed by atoms with Gasteiger partial charge in [-0.15, -0.1) is 0 Å². The zero-order valence-electron chi connectivity index (χ0n) is 13.5. The fraction of sp³-hybridized carbons (Fsp3) is 0.286. The molecular formula is C21H19NO2. The van der Waals surface area contributed by atoms with Gasteiger partial charge in [0, 0.05) is 18.8 Å². The second kappa shape index (κ2) is 5.23. The van der Waals surface area contributed by atoms with Crippen LogP contribution in [0.5, 0.6) is 5.75 Å². The van der Waals surface area contributed by atoms with Crippen LogP contribution < -0.4 is 9.64 Å². The van der Waals surface area contributed by atoms with Gasteiger partial charge >= 0.3 is 0 Å². The highest BCUT2D eigenvalue weighted by molar-refractivity contribution is 6.14. The van der Waals surface area contributed by atoms with Crippen LogP contribution in [-0.4, -0.2) is 18.9 Å². The summed E-state index contributed by atoms with van der Waals surface area (Å²) in [4.78, 5) is 15.0. The molecule has 0 N–H and O–H groups in total. The molecule has 0 radical (unpaired) electrons. The van der Waals surface area contributed by atoms with Crippen molar-refractivity contribution < 1.29 is 9.53 Å². The molecule has 3 aliphatic heterocycles. The van der Waals surface area contributed by atoms with Gasteiger partial charge in [0.15, 0.2) is 5.76 Å². The fourth-order valence-corrected chi connectivity index (χ4v) is 4.20. The minimum atomic E-state index is -0.0152. The van der Waals surface area contributed by atoms with E-state index in [0.717, 1.165) is 18.4 Å². The van der Waals surface area contributed by atoms with Gasteiger partial charge in [-0.1, -0.05) is 12.1 Å². The molecule has 0 atom stereocenters. The van der Waals surface area contributed by atoms with Crippen molar-refractivity contribution in [2.45, 2.75) is 25.7 Å². The standard InChI is InChI=1S/C21H19NO2/c23-21-17-7-1-2-8-18(17)24-19(21)13-14-11-15-5-3-9-22-10-4-6-16(12-14)20(15)22/h1-2,7-8,11-13H,3-6,9-10H2/b19-13+. The number of carbonyl (C=O) groups is 1. The van der Waals surface area contributed by atoms with E-state index in [1.807, 2.05) is 30.3 Å². The maximum Gasteiger partial charge on any atom is 0.231 e. The average molecular weight is 317 g/mol. The number of anilines is 1. The van der Waals surface area contributed by atoms with Crippen LogP contribution in [0, 0.1) is 0 Å². The van der Waals surface area contributed by atoms with Crippen LogP contribution >= 0.6 is 0 Å². The Morgan fingerprint density at radius 1 is 1.00 bits per heavy atom. The lowest BCUT2D eigenvalue weighted by molar-refractivity contribution is 0.101. The van der Waals surface area contributed by atoms with Crippen LogP contribution in [0.1, 0.15) is 39.9 Å². The van der Waals surface area contributed by atoms with Crippen LogP contribution in [-0.2, 0) is 12.8 Å². The molecule has 120 valence electrons. The highest BCUT2D eigenvalue weighted by Crippen LogP contribution is 2.37. The molecule has 0 aromatic heterocycles. The first-order chi connectivity index (χ1) is 11.8.